The highest BCUT2D eigenvalue weighted by atomic mass is 32.2. The molecule has 4 aromatic carbocycles. The molecule has 1 atom stereocenters. The maximum Gasteiger partial charge on any atom is 0.339 e. The van der Waals surface area contributed by atoms with Gasteiger partial charge in [0, 0.05) is 22.4 Å². The summed E-state index contributed by atoms with van der Waals surface area (Å²) in [7, 11) is -4.04. The SMILES string of the molecule is Cc1ccc(C)c(NC(=O)[C@@H](OC(=O)c2ccc3c(c2)S(=O)(=O)c2ccccc2C3=O)c2ccccc2)c1. The number of benzene rings is 4. The molecule has 38 heavy (non-hydrogen) atoms. The summed E-state index contributed by atoms with van der Waals surface area (Å²) in [5, 5.41) is 2.83. The molecular formula is C30H23NO6S. The average Bonchev–Trinajstić information content (AvgIpc) is 2.92. The number of fused-ring (bicyclic) bond motifs is 2. The fourth-order valence-electron chi connectivity index (χ4n) is 4.36. The Balaban J connectivity index is 1.48. The third-order valence-electron chi connectivity index (χ3n) is 6.39. The van der Waals surface area contributed by atoms with Crippen LogP contribution >= 0.6 is 0 Å². The first kappa shape index (κ1) is 25.1. The van der Waals surface area contributed by atoms with Gasteiger partial charge in [-0.1, -0.05) is 54.6 Å². The van der Waals surface area contributed by atoms with Crippen LogP contribution in [0.4, 0.5) is 5.69 Å². The highest BCUT2D eigenvalue weighted by molar-refractivity contribution is 7.91. The number of esters is 1. The van der Waals surface area contributed by atoms with Crippen molar-refractivity contribution in [3.05, 3.63) is 124 Å². The van der Waals surface area contributed by atoms with Crippen LogP contribution in [-0.4, -0.2) is 26.1 Å². The third kappa shape index (κ3) is 4.50. The first-order valence-electron chi connectivity index (χ1n) is 11.8. The van der Waals surface area contributed by atoms with Crippen LogP contribution in [0.5, 0.6) is 0 Å². The molecule has 0 spiro atoms. The Kier molecular flexibility index (Phi) is 6.42. The highest BCUT2D eigenvalue weighted by Crippen LogP contribution is 2.35. The monoisotopic (exact) mass is 525 g/mol. The van der Waals surface area contributed by atoms with Gasteiger partial charge in [0.1, 0.15) is 0 Å². The Morgan fingerprint density at radius 1 is 0.789 bits per heavy atom. The van der Waals surface area contributed by atoms with Gasteiger partial charge in [-0.2, -0.15) is 0 Å². The van der Waals surface area contributed by atoms with Gasteiger partial charge < -0.3 is 10.1 Å². The number of carbonyl (C=O) groups is 3. The molecule has 1 aliphatic heterocycles. The number of aryl methyl sites for hydroxylation is 2. The predicted octanol–water partition coefficient (Wildman–Crippen LogP) is 5.22. The van der Waals surface area contributed by atoms with E-state index in [1.54, 1.807) is 36.4 Å². The van der Waals surface area contributed by atoms with Gasteiger partial charge >= 0.3 is 5.97 Å². The van der Waals surface area contributed by atoms with Crippen molar-refractivity contribution >= 4 is 33.2 Å². The van der Waals surface area contributed by atoms with Crippen molar-refractivity contribution in [2.45, 2.75) is 29.7 Å². The van der Waals surface area contributed by atoms with E-state index in [4.69, 9.17) is 4.74 Å². The minimum atomic E-state index is -4.04. The number of sulfone groups is 1. The molecule has 1 heterocycles. The second kappa shape index (κ2) is 9.72. The Labute approximate surface area is 220 Å². The van der Waals surface area contributed by atoms with Gasteiger partial charge in [0.25, 0.3) is 5.91 Å². The Morgan fingerprint density at radius 2 is 1.47 bits per heavy atom. The zero-order valence-corrected chi connectivity index (χ0v) is 21.4. The normalized spacial score (nSPS) is 14.1. The smallest absolute Gasteiger partial charge is 0.339 e. The lowest BCUT2D eigenvalue weighted by Gasteiger charge is -2.21. The summed E-state index contributed by atoms with van der Waals surface area (Å²) in [5.41, 5.74) is 2.79. The molecule has 0 bridgehead atoms. The summed E-state index contributed by atoms with van der Waals surface area (Å²) in [5.74, 6) is -1.91. The maximum absolute atomic E-state index is 13.3. The van der Waals surface area contributed by atoms with E-state index < -0.39 is 33.6 Å². The second-order valence-corrected chi connectivity index (χ2v) is 10.9. The molecular weight excluding hydrogens is 502 g/mol. The summed E-state index contributed by atoms with van der Waals surface area (Å²) < 4.78 is 32.2. The average molecular weight is 526 g/mol. The molecule has 0 radical (unpaired) electrons. The van der Waals surface area contributed by atoms with Crippen LogP contribution < -0.4 is 5.32 Å². The molecule has 1 amide bonds. The lowest BCUT2D eigenvalue weighted by atomic mass is 10.0. The number of ether oxygens (including phenoxy) is 1. The second-order valence-electron chi connectivity index (χ2n) is 9.04. The van der Waals surface area contributed by atoms with Crippen LogP contribution in [0.15, 0.2) is 101 Å². The molecule has 0 aliphatic carbocycles. The summed E-state index contributed by atoms with van der Waals surface area (Å²) in [4.78, 5) is 39.1. The van der Waals surface area contributed by atoms with Crippen molar-refractivity contribution in [1.82, 2.24) is 0 Å². The van der Waals surface area contributed by atoms with E-state index in [1.165, 1.54) is 30.3 Å². The van der Waals surface area contributed by atoms with Gasteiger partial charge in [0.15, 0.2) is 5.78 Å². The van der Waals surface area contributed by atoms with Crippen molar-refractivity contribution in [2.24, 2.45) is 0 Å². The van der Waals surface area contributed by atoms with E-state index >= 15 is 0 Å². The zero-order chi connectivity index (χ0) is 27.0. The molecule has 7 nitrogen and oxygen atoms in total. The number of hydrogen-bond acceptors (Lipinski definition) is 6. The van der Waals surface area contributed by atoms with Crippen LogP contribution in [0.25, 0.3) is 0 Å². The highest BCUT2D eigenvalue weighted by Gasteiger charge is 2.35. The molecule has 190 valence electrons. The molecule has 4 aromatic rings. The quantitative estimate of drug-likeness (QED) is 0.316. The number of hydrogen-bond donors (Lipinski definition) is 1. The van der Waals surface area contributed by atoms with Crippen LogP contribution in [0, 0.1) is 13.8 Å². The fourth-order valence-corrected chi connectivity index (χ4v) is 6.03. The molecule has 0 unspecified atom stereocenters. The molecule has 8 heteroatoms. The van der Waals surface area contributed by atoms with Gasteiger partial charge in [-0.05, 0) is 61.4 Å². The number of anilines is 1. The summed E-state index contributed by atoms with van der Waals surface area (Å²) in [6, 6.07) is 23.9. The first-order valence-corrected chi connectivity index (χ1v) is 13.3. The first-order chi connectivity index (χ1) is 18.2. The van der Waals surface area contributed by atoms with Crippen molar-refractivity contribution in [3.8, 4) is 0 Å². The molecule has 1 aliphatic rings. The fraction of sp³-hybridized carbons (Fsp3) is 0.100. The van der Waals surface area contributed by atoms with Crippen LogP contribution in [0.2, 0.25) is 0 Å². The molecule has 5 rings (SSSR count). The number of rotatable bonds is 5. The minimum Gasteiger partial charge on any atom is -0.444 e. The van der Waals surface area contributed by atoms with Crippen molar-refractivity contribution in [2.75, 3.05) is 5.32 Å². The van der Waals surface area contributed by atoms with Gasteiger partial charge in [-0.3, -0.25) is 9.59 Å². The summed E-state index contributed by atoms with van der Waals surface area (Å²) in [6.07, 6.45) is -1.31. The topological polar surface area (TPSA) is 107 Å². The Hall–Kier alpha value is -4.56. The van der Waals surface area contributed by atoms with E-state index in [0.717, 1.165) is 17.2 Å². The summed E-state index contributed by atoms with van der Waals surface area (Å²) >= 11 is 0. The van der Waals surface area contributed by atoms with Crippen molar-refractivity contribution in [3.63, 3.8) is 0 Å². The molecule has 1 N–H and O–H groups in total. The number of carbonyl (C=O) groups excluding carboxylic acids is 3. The standard InChI is InChI=1S/C30H23NO6S/c1-18-12-13-19(2)24(16-18)31-29(33)28(20-8-4-3-5-9-20)37-30(34)21-14-15-23-26(17-21)38(35,36)25-11-7-6-10-22(25)27(23)32/h3-17,28H,1-2H3,(H,31,33)/t28-/m0/s1. The largest absolute Gasteiger partial charge is 0.444 e. The predicted molar refractivity (Wildman–Crippen MR) is 141 cm³/mol. The van der Waals surface area contributed by atoms with E-state index in [9.17, 15) is 22.8 Å². The Bertz CT molecular complexity index is 1710. The van der Waals surface area contributed by atoms with Gasteiger partial charge in [0.2, 0.25) is 15.9 Å². The van der Waals surface area contributed by atoms with E-state index in [2.05, 4.69) is 5.32 Å². The lowest BCUT2D eigenvalue weighted by molar-refractivity contribution is -0.125. The van der Waals surface area contributed by atoms with E-state index in [0.29, 0.717) is 11.3 Å². The number of ketones is 1. The molecule has 0 aromatic heterocycles. The van der Waals surface area contributed by atoms with Gasteiger partial charge in [0.05, 0.1) is 15.4 Å². The zero-order valence-electron chi connectivity index (χ0n) is 20.6. The van der Waals surface area contributed by atoms with Crippen LogP contribution in [0.1, 0.15) is 49.1 Å². The molecule has 0 fully saturated rings. The summed E-state index contributed by atoms with van der Waals surface area (Å²) in [6.45, 7) is 3.75. The minimum absolute atomic E-state index is 0.0208. The number of nitrogens with one attached hydrogen (secondary N) is 1. The Morgan fingerprint density at radius 3 is 2.24 bits per heavy atom. The lowest BCUT2D eigenvalue weighted by Crippen LogP contribution is -2.26. The number of amides is 1. The third-order valence-corrected chi connectivity index (χ3v) is 8.24. The molecule has 0 saturated carbocycles. The van der Waals surface area contributed by atoms with E-state index in [-0.39, 0.29) is 26.5 Å². The van der Waals surface area contributed by atoms with E-state index in [1.807, 2.05) is 32.0 Å². The van der Waals surface area contributed by atoms with Crippen LogP contribution in [-0.2, 0) is 19.4 Å². The van der Waals surface area contributed by atoms with Gasteiger partial charge in [-0.15, -0.1) is 0 Å². The maximum atomic E-state index is 13.3. The molecule has 0 saturated heterocycles. The van der Waals surface area contributed by atoms with Crippen molar-refractivity contribution in [1.29, 1.82) is 0 Å². The van der Waals surface area contributed by atoms with Crippen LogP contribution in [0.3, 0.4) is 0 Å². The van der Waals surface area contributed by atoms with Crippen molar-refractivity contribution < 1.29 is 27.5 Å². The van der Waals surface area contributed by atoms with Gasteiger partial charge in [-0.25, -0.2) is 13.2 Å².